The van der Waals surface area contributed by atoms with Crippen LogP contribution in [0.1, 0.15) is 32.3 Å². The molecular formula is C18H24ClN5OS. The number of carbonyl (C=O) groups is 1. The molecule has 0 aliphatic carbocycles. The highest BCUT2D eigenvalue weighted by Crippen LogP contribution is 2.22. The van der Waals surface area contributed by atoms with Gasteiger partial charge in [-0.25, -0.2) is 9.97 Å². The molecule has 6 nitrogen and oxygen atoms in total. The van der Waals surface area contributed by atoms with Crippen LogP contribution >= 0.6 is 23.4 Å². The fraction of sp³-hybridized carbons (Fsp3) is 0.444. The first kappa shape index (κ1) is 20.5. The molecule has 2 rings (SSSR count). The maximum atomic E-state index is 12.0. The largest absolute Gasteiger partial charge is 0.356 e. The molecule has 0 saturated carbocycles. The Hall–Kier alpha value is -1.86. The number of rotatable bonds is 10. The van der Waals surface area contributed by atoms with Gasteiger partial charge in [0.05, 0.1) is 5.75 Å². The van der Waals surface area contributed by atoms with Crippen molar-refractivity contribution in [3.63, 3.8) is 0 Å². The van der Waals surface area contributed by atoms with E-state index in [2.05, 4.69) is 39.0 Å². The second-order valence-electron chi connectivity index (χ2n) is 5.75. The summed E-state index contributed by atoms with van der Waals surface area (Å²) in [5.74, 6) is 0.969. The summed E-state index contributed by atoms with van der Waals surface area (Å²) >= 11 is 7.44. The molecule has 0 fully saturated rings. The summed E-state index contributed by atoms with van der Waals surface area (Å²) in [4.78, 5) is 27.1. The maximum Gasteiger partial charge on any atom is 0.230 e. The van der Waals surface area contributed by atoms with Crippen molar-refractivity contribution in [2.75, 3.05) is 23.7 Å². The number of amides is 1. The van der Waals surface area contributed by atoms with Crippen LogP contribution < -0.4 is 10.2 Å². The third-order valence-corrected chi connectivity index (χ3v) is 4.56. The fourth-order valence-electron chi connectivity index (χ4n) is 2.38. The van der Waals surface area contributed by atoms with Crippen LogP contribution in [-0.2, 0) is 11.3 Å². The van der Waals surface area contributed by atoms with Gasteiger partial charge in [-0.05, 0) is 24.5 Å². The molecule has 0 aliphatic heterocycles. The van der Waals surface area contributed by atoms with Gasteiger partial charge < -0.3 is 10.2 Å². The van der Waals surface area contributed by atoms with Crippen LogP contribution in [-0.4, -0.2) is 39.7 Å². The Morgan fingerprint density at radius 2 is 2.04 bits per heavy atom. The summed E-state index contributed by atoms with van der Waals surface area (Å²) in [6, 6.07) is 5.54. The van der Waals surface area contributed by atoms with E-state index in [1.165, 1.54) is 11.8 Å². The molecule has 0 spiro atoms. The Bertz CT molecular complexity index is 695. The molecule has 0 bridgehead atoms. The highest BCUT2D eigenvalue weighted by Gasteiger charge is 2.12. The minimum absolute atomic E-state index is 0.0806. The van der Waals surface area contributed by atoms with E-state index in [1.54, 1.807) is 18.5 Å². The van der Waals surface area contributed by atoms with E-state index in [-0.39, 0.29) is 11.7 Å². The average Bonchev–Trinajstić information content (AvgIpc) is 2.65. The van der Waals surface area contributed by atoms with Gasteiger partial charge in [-0.1, -0.05) is 43.3 Å². The lowest BCUT2D eigenvalue weighted by Crippen LogP contribution is -2.26. The van der Waals surface area contributed by atoms with Gasteiger partial charge in [-0.3, -0.25) is 9.78 Å². The van der Waals surface area contributed by atoms with Crippen LogP contribution in [0.15, 0.2) is 35.7 Å². The first-order valence-electron chi connectivity index (χ1n) is 8.70. The number of nitrogens with zero attached hydrogens (tertiary/aromatic N) is 4. The summed E-state index contributed by atoms with van der Waals surface area (Å²) in [5.41, 5.74) is 0.960. The summed E-state index contributed by atoms with van der Waals surface area (Å²) in [5, 5.41) is 3.77. The number of anilines is 1. The van der Waals surface area contributed by atoms with E-state index >= 15 is 0 Å². The first-order valence-corrected chi connectivity index (χ1v) is 10.1. The third kappa shape index (κ3) is 6.80. The number of hydrogen-bond donors (Lipinski definition) is 1. The van der Waals surface area contributed by atoms with Gasteiger partial charge in [0.15, 0.2) is 5.16 Å². The van der Waals surface area contributed by atoms with Crippen molar-refractivity contribution in [2.45, 2.75) is 38.4 Å². The smallest absolute Gasteiger partial charge is 0.230 e. The quantitative estimate of drug-likeness (QED) is 0.378. The second-order valence-corrected chi connectivity index (χ2v) is 7.07. The fourth-order valence-corrected chi connectivity index (χ4v) is 3.29. The van der Waals surface area contributed by atoms with Gasteiger partial charge in [0.25, 0.3) is 0 Å². The molecule has 0 saturated heterocycles. The number of pyridine rings is 1. The molecule has 0 atom stereocenters. The van der Waals surface area contributed by atoms with Crippen molar-refractivity contribution in [2.24, 2.45) is 0 Å². The molecule has 140 valence electrons. The van der Waals surface area contributed by atoms with Crippen LogP contribution in [0.2, 0.25) is 5.15 Å². The van der Waals surface area contributed by atoms with E-state index in [0.29, 0.717) is 16.9 Å². The number of thioether (sulfide) groups is 1. The highest BCUT2D eigenvalue weighted by molar-refractivity contribution is 7.99. The third-order valence-electron chi connectivity index (χ3n) is 3.52. The first-order chi connectivity index (χ1) is 12.6. The molecule has 1 N–H and O–H groups in total. The number of nitrogens with one attached hydrogen (secondary N) is 1. The van der Waals surface area contributed by atoms with Gasteiger partial charge in [-0.15, -0.1) is 0 Å². The average molecular weight is 394 g/mol. The summed E-state index contributed by atoms with van der Waals surface area (Å²) in [6.45, 7) is 6.55. The molecular weight excluding hydrogens is 370 g/mol. The van der Waals surface area contributed by atoms with Gasteiger partial charge in [0.1, 0.15) is 11.0 Å². The number of halogens is 1. The van der Waals surface area contributed by atoms with Crippen molar-refractivity contribution < 1.29 is 4.79 Å². The minimum Gasteiger partial charge on any atom is -0.356 e. The normalized spacial score (nSPS) is 10.6. The Balaban J connectivity index is 1.92. The summed E-state index contributed by atoms with van der Waals surface area (Å²) in [6.07, 6.45) is 5.49. The maximum absolute atomic E-state index is 12.0. The SMILES string of the molecule is CCCN(CCC)c1cc(Cl)nc(SCC(=O)NCc2cccnc2)n1. The van der Waals surface area contributed by atoms with Gasteiger partial charge >= 0.3 is 0 Å². The van der Waals surface area contributed by atoms with Crippen molar-refractivity contribution in [1.29, 1.82) is 0 Å². The molecule has 1 amide bonds. The highest BCUT2D eigenvalue weighted by atomic mass is 35.5. The van der Waals surface area contributed by atoms with Crippen molar-refractivity contribution in [3.05, 3.63) is 41.3 Å². The molecule has 0 radical (unpaired) electrons. The van der Waals surface area contributed by atoms with Crippen molar-refractivity contribution in [1.82, 2.24) is 20.3 Å². The zero-order valence-corrected chi connectivity index (χ0v) is 16.7. The second kappa shape index (κ2) is 11.0. The van der Waals surface area contributed by atoms with Crippen molar-refractivity contribution >= 4 is 35.1 Å². The van der Waals surface area contributed by atoms with E-state index in [4.69, 9.17) is 11.6 Å². The van der Waals surface area contributed by atoms with E-state index in [1.807, 2.05) is 12.1 Å². The minimum atomic E-state index is -0.0806. The van der Waals surface area contributed by atoms with Gasteiger partial charge in [0, 0.05) is 38.1 Å². The summed E-state index contributed by atoms with van der Waals surface area (Å²) < 4.78 is 0. The molecule has 0 unspecified atom stereocenters. The monoisotopic (exact) mass is 393 g/mol. The Morgan fingerprint density at radius 1 is 1.27 bits per heavy atom. The Kier molecular flexibility index (Phi) is 8.64. The molecule has 0 aliphatic rings. The molecule has 2 aromatic rings. The molecule has 2 heterocycles. The lowest BCUT2D eigenvalue weighted by Gasteiger charge is -2.22. The number of hydrogen-bond acceptors (Lipinski definition) is 6. The van der Waals surface area contributed by atoms with Crippen LogP contribution in [0.3, 0.4) is 0 Å². The van der Waals surface area contributed by atoms with Crippen LogP contribution in [0.25, 0.3) is 0 Å². The van der Waals surface area contributed by atoms with Crippen LogP contribution in [0, 0.1) is 0 Å². The van der Waals surface area contributed by atoms with E-state index in [0.717, 1.165) is 37.3 Å². The Morgan fingerprint density at radius 3 is 2.69 bits per heavy atom. The standard InChI is InChI=1S/C18H24ClN5OS/c1-3-8-24(9-4-2)16-10-15(19)22-18(23-16)26-13-17(25)21-12-14-6-5-7-20-11-14/h5-7,10-11H,3-4,8-9,12-13H2,1-2H3,(H,21,25). The molecule has 8 heteroatoms. The van der Waals surface area contributed by atoms with E-state index < -0.39 is 0 Å². The van der Waals surface area contributed by atoms with Gasteiger partial charge in [0.2, 0.25) is 5.91 Å². The zero-order chi connectivity index (χ0) is 18.8. The zero-order valence-electron chi connectivity index (χ0n) is 15.1. The van der Waals surface area contributed by atoms with Crippen LogP contribution in [0.4, 0.5) is 5.82 Å². The Labute approximate surface area is 163 Å². The molecule has 0 aromatic carbocycles. The number of aromatic nitrogens is 3. The molecule has 26 heavy (non-hydrogen) atoms. The topological polar surface area (TPSA) is 71.0 Å². The van der Waals surface area contributed by atoms with E-state index in [9.17, 15) is 4.79 Å². The lowest BCUT2D eigenvalue weighted by atomic mass is 10.3. The lowest BCUT2D eigenvalue weighted by molar-refractivity contribution is -0.118. The molecule has 2 aromatic heterocycles. The predicted molar refractivity (Wildman–Crippen MR) is 107 cm³/mol. The van der Waals surface area contributed by atoms with Crippen LogP contribution in [0.5, 0.6) is 0 Å². The predicted octanol–water partition coefficient (Wildman–Crippen LogP) is 3.56. The van der Waals surface area contributed by atoms with Crippen molar-refractivity contribution in [3.8, 4) is 0 Å². The van der Waals surface area contributed by atoms with Gasteiger partial charge in [-0.2, -0.15) is 0 Å². The summed E-state index contributed by atoms with van der Waals surface area (Å²) in [7, 11) is 0. The number of carbonyl (C=O) groups excluding carboxylic acids is 1.